The number of imidazole rings is 1. The Morgan fingerprint density at radius 1 is 1.33 bits per heavy atom. The molecule has 24 heavy (non-hydrogen) atoms. The molecule has 2 N–H and O–H groups in total. The van der Waals surface area contributed by atoms with E-state index < -0.39 is 5.60 Å². The standard InChI is InChI=1S/C15H22IN5O2S/c1-15(2,3)23-14(22)19-10-6-4-9(5-7-10)18-12-20-21-11(16)8-17-13(21)24-12/h8-10H,4-7H2,1-3H3,(H,18,20)(H,19,22)/t9-,10-. The van der Waals surface area contributed by atoms with Crippen LogP contribution in [0.2, 0.25) is 0 Å². The lowest BCUT2D eigenvalue weighted by Gasteiger charge is -2.30. The lowest BCUT2D eigenvalue weighted by Crippen LogP contribution is -2.42. The van der Waals surface area contributed by atoms with Crippen LogP contribution in [0, 0.1) is 3.70 Å². The maximum absolute atomic E-state index is 11.8. The fourth-order valence-corrected chi connectivity index (χ4v) is 4.25. The second-order valence-electron chi connectivity index (χ2n) is 7.02. The number of hydrogen-bond donors (Lipinski definition) is 2. The summed E-state index contributed by atoms with van der Waals surface area (Å²) in [6.07, 6.45) is 5.37. The summed E-state index contributed by atoms with van der Waals surface area (Å²) in [7, 11) is 0. The van der Waals surface area contributed by atoms with E-state index in [4.69, 9.17) is 4.74 Å². The number of ether oxygens (including phenoxy) is 1. The molecule has 0 atom stereocenters. The van der Waals surface area contributed by atoms with Gasteiger partial charge in [0.05, 0.1) is 6.20 Å². The van der Waals surface area contributed by atoms with Crippen LogP contribution in [-0.4, -0.2) is 38.4 Å². The monoisotopic (exact) mass is 463 g/mol. The first-order valence-electron chi connectivity index (χ1n) is 8.06. The molecule has 2 heterocycles. The Bertz CT molecular complexity index is 715. The summed E-state index contributed by atoms with van der Waals surface area (Å²) < 4.78 is 8.18. The first kappa shape index (κ1) is 17.7. The number of aromatic nitrogens is 3. The number of amides is 1. The highest BCUT2D eigenvalue weighted by molar-refractivity contribution is 14.1. The van der Waals surface area contributed by atoms with Gasteiger partial charge < -0.3 is 15.4 Å². The summed E-state index contributed by atoms with van der Waals surface area (Å²) in [5.74, 6) is 0. The molecule has 2 aromatic heterocycles. The zero-order valence-electron chi connectivity index (χ0n) is 14.0. The minimum Gasteiger partial charge on any atom is -0.444 e. The first-order chi connectivity index (χ1) is 11.3. The Morgan fingerprint density at radius 2 is 2.00 bits per heavy atom. The van der Waals surface area contributed by atoms with Crippen molar-refractivity contribution in [3.05, 3.63) is 9.90 Å². The molecular weight excluding hydrogens is 441 g/mol. The zero-order valence-corrected chi connectivity index (χ0v) is 17.0. The smallest absolute Gasteiger partial charge is 0.407 e. The number of alkyl carbamates (subject to hydrolysis) is 1. The van der Waals surface area contributed by atoms with E-state index in [9.17, 15) is 4.79 Å². The van der Waals surface area contributed by atoms with Crippen molar-refractivity contribution in [1.82, 2.24) is 19.9 Å². The quantitative estimate of drug-likeness (QED) is 0.680. The first-order valence-corrected chi connectivity index (χ1v) is 9.96. The van der Waals surface area contributed by atoms with E-state index in [2.05, 4.69) is 43.3 Å². The van der Waals surface area contributed by atoms with Crippen molar-refractivity contribution in [2.75, 3.05) is 5.32 Å². The molecule has 3 rings (SSSR count). The van der Waals surface area contributed by atoms with E-state index in [1.165, 1.54) is 0 Å². The fraction of sp³-hybridized carbons (Fsp3) is 0.667. The van der Waals surface area contributed by atoms with Gasteiger partial charge in [0, 0.05) is 12.1 Å². The van der Waals surface area contributed by atoms with Gasteiger partial charge in [0.25, 0.3) is 0 Å². The summed E-state index contributed by atoms with van der Waals surface area (Å²) in [5, 5.41) is 11.9. The van der Waals surface area contributed by atoms with Gasteiger partial charge in [-0.05, 0) is 69.0 Å². The predicted octanol–water partition coefficient (Wildman–Crippen LogP) is 3.64. The molecule has 1 aliphatic carbocycles. The summed E-state index contributed by atoms with van der Waals surface area (Å²) in [6.45, 7) is 5.62. The third-order valence-electron chi connectivity index (χ3n) is 3.82. The Labute approximate surface area is 158 Å². The molecule has 0 aliphatic heterocycles. The number of halogens is 1. The predicted molar refractivity (Wildman–Crippen MR) is 103 cm³/mol. The molecule has 1 aliphatic rings. The molecule has 0 bridgehead atoms. The van der Waals surface area contributed by atoms with Crippen molar-refractivity contribution >= 4 is 50.1 Å². The molecule has 7 nitrogen and oxygen atoms in total. The number of fused-ring (bicyclic) bond motifs is 1. The van der Waals surface area contributed by atoms with Crippen molar-refractivity contribution in [3.8, 4) is 0 Å². The molecular formula is C15H22IN5O2S. The van der Waals surface area contributed by atoms with E-state index in [1.54, 1.807) is 11.3 Å². The highest BCUT2D eigenvalue weighted by Gasteiger charge is 2.25. The minimum atomic E-state index is -0.456. The maximum Gasteiger partial charge on any atom is 0.407 e. The van der Waals surface area contributed by atoms with Gasteiger partial charge in [-0.3, -0.25) is 0 Å². The molecule has 0 spiro atoms. The van der Waals surface area contributed by atoms with Gasteiger partial charge in [0.2, 0.25) is 10.1 Å². The number of carbonyl (C=O) groups is 1. The summed E-state index contributed by atoms with van der Waals surface area (Å²) >= 11 is 3.79. The van der Waals surface area contributed by atoms with Crippen LogP contribution in [0.3, 0.4) is 0 Å². The van der Waals surface area contributed by atoms with Crippen LogP contribution in [0.5, 0.6) is 0 Å². The van der Waals surface area contributed by atoms with Gasteiger partial charge in [-0.2, -0.15) is 4.52 Å². The topological polar surface area (TPSA) is 80.5 Å². The second kappa shape index (κ2) is 7.03. The van der Waals surface area contributed by atoms with Crippen molar-refractivity contribution in [2.24, 2.45) is 0 Å². The van der Waals surface area contributed by atoms with Gasteiger partial charge >= 0.3 is 6.09 Å². The van der Waals surface area contributed by atoms with Gasteiger partial charge in [-0.15, -0.1) is 5.10 Å². The van der Waals surface area contributed by atoms with Crippen LogP contribution in [0.1, 0.15) is 46.5 Å². The third-order valence-corrected chi connectivity index (χ3v) is 5.41. The van der Waals surface area contributed by atoms with Crippen LogP contribution in [0.15, 0.2) is 6.20 Å². The third kappa shape index (κ3) is 4.50. The molecule has 0 saturated heterocycles. The molecule has 0 radical (unpaired) electrons. The number of hydrogen-bond acceptors (Lipinski definition) is 6. The van der Waals surface area contributed by atoms with Gasteiger partial charge in [-0.25, -0.2) is 9.78 Å². The van der Waals surface area contributed by atoms with Crippen LogP contribution in [0.25, 0.3) is 4.96 Å². The van der Waals surface area contributed by atoms with E-state index in [-0.39, 0.29) is 12.1 Å². The lowest BCUT2D eigenvalue weighted by molar-refractivity contribution is 0.0492. The molecule has 2 aromatic rings. The number of nitrogens with zero attached hydrogens (tertiary/aromatic N) is 3. The average molecular weight is 463 g/mol. The summed E-state index contributed by atoms with van der Waals surface area (Å²) in [4.78, 5) is 17.1. The molecule has 132 valence electrons. The van der Waals surface area contributed by atoms with E-state index in [0.717, 1.165) is 39.5 Å². The number of rotatable bonds is 3. The maximum atomic E-state index is 11.8. The second-order valence-corrected chi connectivity index (χ2v) is 9.08. The molecule has 9 heteroatoms. The van der Waals surface area contributed by atoms with Gasteiger partial charge in [0.1, 0.15) is 9.30 Å². The highest BCUT2D eigenvalue weighted by atomic mass is 127. The average Bonchev–Trinajstić information content (AvgIpc) is 3.01. The van der Waals surface area contributed by atoms with Crippen LogP contribution in [-0.2, 0) is 4.74 Å². The molecule has 0 unspecified atom stereocenters. The number of carbonyl (C=O) groups excluding carboxylic acids is 1. The van der Waals surface area contributed by atoms with Crippen LogP contribution >= 0.6 is 33.9 Å². The Morgan fingerprint density at radius 3 is 2.62 bits per heavy atom. The summed E-state index contributed by atoms with van der Waals surface area (Å²) in [6, 6.07) is 0.572. The number of nitrogens with one attached hydrogen (secondary N) is 2. The van der Waals surface area contributed by atoms with Gasteiger partial charge in [0.15, 0.2) is 0 Å². The lowest BCUT2D eigenvalue weighted by atomic mass is 9.91. The number of anilines is 1. The van der Waals surface area contributed by atoms with Crippen LogP contribution < -0.4 is 10.6 Å². The Hall–Kier alpha value is -1.10. The van der Waals surface area contributed by atoms with Crippen LogP contribution in [0.4, 0.5) is 9.93 Å². The summed E-state index contributed by atoms with van der Waals surface area (Å²) in [5.41, 5.74) is -0.456. The normalized spacial score (nSPS) is 21.7. The van der Waals surface area contributed by atoms with Crippen molar-refractivity contribution in [1.29, 1.82) is 0 Å². The SMILES string of the molecule is CC(C)(C)OC(=O)N[C@H]1CC[C@H](Nc2nn3c(I)cnc3s2)CC1. The largest absolute Gasteiger partial charge is 0.444 e. The van der Waals surface area contributed by atoms with Gasteiger partial charge in [-0.1, -0.05) is 11.3 Å². The molecule has 0 aromatic carbocycles. The molecule has 1 fully saturated rings. The highest BCUT2D eigenvalue weighted by Crippen LogP contribution is 2.26. The van der Waals surface area contributed by atoms with Crippen molar-refractivity contribution in [2.45, 2.75) is 64.1 Å². The molecule has 1 amide bonds. The van der Waals surface area contributed by atoms with E-state index in [1.807, 2.05) is 31.5 Å². The minimum absolute atomic E-state index is 0.187. The Balaban J connectivity index is 1.47. The van der Waals surface area contributed by atoms with E-state index in [0.29, 0.717) is 6.04 Å². The van der Waals surface area contributed by atoms with E-state index >= 15 is 0 Å². The fourth-order valence-electron chi connectivity index (χ4n) is 2.76. The van der Waals surface area contributed by atoms with Crippen molar-refractivity contribution < 1.29 is 9.53 Å². The molecule has 1 saturated carbocycles. The zero-order chi connectivity index (χ0) is 17.3. The van der Waals surface area contributed by atoms with Crippen molar-refractivity contribution in [3.63, 3.8) is 0 Å². The Kier molecular flexibility index (Phi) is 5.19.